The standard InChI is InChI=1S/C24H28Cl2N4O2/c1-16-14-28(23(31)32-24(2,3)4)11-12-29(16)22-27-20-7-5-6-8-21(20)30(22)15-17-13-18(25)9-10-19(17)26/h5-10,13,16H,11-12,14-15H2,1-4H3/t16-/m0/s1. The van der Waals surface area contributed by atoms with Gasteiger partial charge in [-0.3, -0.25) is 0 Å². The fraction of sp³-hybridized carbons (Fsp3) is 0.417. The Labute approximate surface area is 198 Å². The third-order valence-corrected chi connectivity index (χ3v) is 6.11. The molecule has 2 aromatic carbocycles. The number of hydrogen-bond donors (Lipinski definition) is 0. The van der Waals surface area contributed by atoms with Crippen molar-refractivity contribution >= 4 is 46.3 Å². The predicted octanol–water partition coefficient (Wildman–Crippen LogP) is 5.84. The third kappa shape index (κ3) is 4.81. The summed E-state index contributed by atoms with van der Waals surface area (Å²) in [7, 11) is 0. The zero-order chi connectivity index (χ0) is 23.0. The summed E-state index contributed by atoms with van der Waals surface area (Å²) in [5, 5.41) is 1.32. The number of benzene rings is 2. The number of fused-ring (bicyclic) bond motifs is 1. The highest BCUT2D eigenvalue weighted by Crippen LogP contribution is 2.29. The van der Waals surface area contributed by atoms with Gasteiger partial charge in [-0.25, -0.2) is 9.78 Å². The van der Waals surface area contributed by atoms with Crippen molar-refractivity contribution in [3.05, 3.63) is 58.1 Å². The first-order valence-electron chi connectivity index (χ1n) is 10.8. The van der Waals surface area contributed by atoms with Gasteiger partial charge in [-0.05, 0) is 63.6 Å². The van der Waals surface area contributed by atoms with Gasteiger partial charge in [0.15, 0.2) is 0 Å². The van der Waals surface area contributed by atoms with E-state index in [0.29, 0.717) is 36.2 Å². The molecule has 0 aliphatic carbocycles. The van der Waals surface area contributed by atoms with Gasteiger partial charge in [-0.1, -0.05) is 35.3 Å². The molecule has 0 N–H and O–H groups in total. The summed E-state index contributed by atoms with van der Waals surface area (Å²) in [6, 6.07) is 13.6. The van der Waals surface area contributed by atoms with E-state index in [4.69, 9.17) is 32.9 Å². The number of para-hydroxylation sites is 2. The second-order valence-corrected chi connectivity index (χ2v) is 10.0. The van der Waals surface area contributed by atoms with Crippen LogP contribution in [0.4, 0.5) is 10.7 Å². The molecule has 8 heteroatoms. The highest BCUT2D eigenvalue weighted by Gasteiger charge is 2.32. The maximum Gasteiger partial charge on any atom is 0.410 e. The molecule has 1 fully saturated rings. The number of carbonyl (C=O) groups is 1. The third-order valence-electron chi connectivity index (χ3n) is 5.51. The highest BCUT2D eigenvalue weighted by molar-refractivity contribution is 6.33. The largest absolute Gasteiger partial charge is 0.444 e. The molecule has 1 aliphatic heterocycles. The van der Waals surface area contributed by atoms with Gasteiger partial charge in [0.1, 0.15) is 5.60 Å². The van der Waals surface area contributed by atoms with Gasteiger partial charge in [0.25, 0.3) is 0 Å². The topological polar surface area (TPSA) is 50.6 Å². The number of piperazine rings is 1. The summed E-state index contributed by atoms with van der Waals surface area (Å²) in [5.74, 6) is 0.860. The molecule has 1 aliphatic rings. The number of hydrogen-bond acceptors (Lipinski definition) is 4. The number of nitrogens with zero attached hydrogens (tertiary/aromatic N) is 4. The van der Waals surface area contributed by atoms with Gasteiger partial charge in [0.05, 0.1) is 17.6 Å². The predicted molar refractivity (Wildman–Crippen MR) is 130 cm³/mol. The minimum absolute atomic E-state index is 0.0710. The Balaban J connectivity index is 1.64. The molecule has 0 radical (unpaired) electrons. The molecule has 2 heterocycles. The van der Waals surface area contributed by atoms with Gasteiger partial charge in [-0.2, -0.15) is 0 Å². The molecule has 1 aromatic heterocycles. The summed E-state index contributed by atoms with van der Waals surface area (Å²) in [6.07, 6.45) is -0.275. The minimum atomic E-state index is -0.512. The first kappa shape index (κ1) is 22.7. The number of imidazole rings is 1. The second kappa shape index (κ2) is 8.83. The molecule has 0 saturated carbocycles. The van der Waals surface area contributed by atoms with Crippen LogP contribution in [0, 0.1) is 0 Å². The Morgan fingerprint density at radius 1 is 1.16 bits per heavy atom. The van der Waals surface area contributed by atoms with Crippen molar-refractivity contribution in [3.63, 3.8) is 0 Å². The molecule has 32 heavy (non-hydrogen) atoms. The first-order valence-corrected chi connectivity index (χ1v) is 11.5. The zero-order valence-corrected chi connectivity index (χ0v) is 20.3. The molecule has 0 unspecified atom stereocenters. The Hall–Kier alpha value is -2.44. The molecule has 170 valence electrons. The van der Waals surface area contributed by atoms with Crippen molar-refractivity contribution in [2.24, 2.45) is 0 Å². The number of aromatic nitrogens is 2. The number of amides is 1. The van der Waals surface area contributed by atoms with Crippen LogP contribution in [0.1, 0.15) is 33.3 Å². The van der Waals surface area contributed by atoms with E-state index >= 15 is 0 Å². The van der Waals surface area contributed by atoms with Crippen LogP contribution in [0.5, 0.6) is 0 Å². The number of carbonyl (C=O) groups excluding carboxylic acids is 1. The van der Waals surface area contributed by atoms with E-state index in [9.17, 15) is 4.79 Å². The molecule has 1 saturated heterocycles. The molecule has 6 nitrogen and oxygen atoms in total. The lowest BCUT2D eigenvalue weighted by molar-refractivity contribution is 0.0218. The van der Waals surface area contributed by atoms with Gasteiger partial charge in [0, 0.05) is 35.7 Å². The van der Waals surface area contributed by atoms with Crippen LogP contribution in [-0.2, 0) is 11.3 Å². The lowest BCUT2D eigenvalue weighted by Crippen LogP contribution is -2.55. The maximum atomic E-state index is 12.6. The Bertz CT molecular complexity index is 1140. The quantitative estimate of drug-likeness (QED) is 0.478. The molecule has 1 atom stereocenters. The SMILES string of the molecule is C[C@H]1CN(C(=O)OC(C)(C)C)CCN1c1nc2ccccc2n1Cc1cc(Cl)ccc1Cl. The fourth-order valence-corrected chi connectivity index (χ4v) is 4.39. The summed E-state index contributed by atoms with van der Waals surface area (Å²) in [4.78, 5) is 21.5. The van der Waals surface area contributed by atoms with Crippen LogP contribution in [0.25, 0.3) is 11.0 Å². The van der Waals surface area contributed by atoms with E-state index < -0.39 is 5.60 Å². The van der Waals surface area contributed by atoms with Gasteiger partial charge < -0.3 is 19.1 Å². The molecule has 1 amide bonds. The number of rotatable bonds is 3. The van der Waals surface area contributed by atoms with Crippen LogP contribution < -0.4 is 4.90 Å². The van der Waals surface area contributed by atoms with Crippen molar-refractivity contribution in [1.29, 1.82) is 0 Å². The Morgan fingerprint density at radius 2 is 1.91 bits per heavy atom. The lowest BCUT2D eigenvalue weighted by atomic mass is 10.2. The van der Waals surface area contributed by atoms with E-state index in [2.05, 4.69) is 22.5 Å². The van der Waals surface area contributed by atoms with Crippen LogP contribution in [0.2, 0.25) is 10.0 Å². The van der Waals surface area contributed by atoms with Crippen molar-refractivity contribution in [1.82, 2.24) is 14.5 Å². The van der Waals surface area contributed by atoms with Crippen molar-refractivity contribution < 1.29 is 9.53 Å². The zero-order valence-electron chi connectivity index (χ0n) is 18.8. The van der Waals surface area contributed by atoms with E-state index in [1.807, 2.05) is 51.1 Å². The maximum absolute atomic E-state index is 12.6. The first-order chi connectivity index (χ1) is 15.1. The van der Waals surface area contributed by atoms with E-state index in [-0.39, 0.29) is 12.1 Å². The molecular formula is C24H28Cl2N4O2. The van der Waals surface area contributed by atoms with Crippen LogP contribution in [0.15, 0.2) is 42.5 Å². The van der Waals surface area contributed by atoms with Gasteiger partial charge in [0.2, 0.25) is 5.95 Å². The lowest BCUT2D eigenvalue weighted by Gasteiger charge is -2.40. The van der Waals surface area contributed by atoms with E-state index in [0.717, 1.165) is 22.5 Å². The van der Waals surface area contributed by atoms with Crippen molar-refractivity contribution in [2.45, 2.75) is 45.9 Å². The van der Waals surface area contributed by atoms with E-state index in [1.165, 1.54) is 0 Å². The Morgan fingerprint density at radius 3 is 2.62 bits per heavy atom. The van der Waals surface area contributed by atoms with Gasteiger partial charge >= 0.3 is 6.09 Å². The summed E-state index contributed by atoms with van der Waals surface area (Å²) < 4.78 is 7.74. The second-order valence-electron chi connectivity index (χ2n) is 9.19. The molecule has 0 spiro atoms. The monoisotopic (exact) mass is 474 g/mol. The number of ether oxygens (including phenoxy) is 1. The minimum Gasteiger partial charge on any atom is -0.444 e. The normalized spacial score (nSPS) is 17.1. The summed E-state index contributed by atoms with van der Waals surface area (Å²) in [5.41, 5.74) is 2.37. The fourth-order valence-electron chi connectivity index (χ4n) is 4.02. The smallest absolute Gasteiger partial charge is 0.410 e. The Kier molecular flexibility index (Phi) is 6.28. The van der Waals surface area contributed by atoms with E-state index in [1.54, 1.807) is 11.0 Å². The summed E-state index contributed by atoms with van der Waals surface area (Å²) >= 11 is 12.7. The van der Waals surface area contributed by atoms with Crippen LogP contribution >= 0.6 is 23.2 Å². The van der Waals surface area contributed by atoms with Crippen molar-refractivity contribution in [2.75, 3.05) is 24.5 Å². The molecular weight excluding hydrogens is 447 g/mol. The van der Waals surface area contributed by atoms with Crippen molar-refractivity contribution in [3.8, 4) is 0 Å². The van der Waals surface area contributed by atoms with Crippen LogP contribution in [0.3, 0.4) is 0 Å². The average molecular weight is 475 g/mol. The molecule has 0 bridgehead atoms. The summed E-state index contributed by atoms with van der Waals surface area (Å²) in [6.45, 7) is 10.1. The van der Waals surface area contributed by atoms with Gasteiger partial charge in [-0.15, -0.1) is 0 Å². The molecule has 4 rings (SSSR count). The number of halogens is 2. The number of anilines is 1. The van der Waals surface area contributed by atoms with Crippen LogP contribution in [-0.4, -0.2) is 51.8 Å². The average Bonchev–Trinajstić information content (AvgIpc) is 3.07. The highest BCUT2D eigenvalue weighted by atomic mass is 35.5. The molecule has 3 aromatic rings.